The average molecular weight is 391 g/mol. The molecule has 0 aliphatic carbocycles. The van der Waals surface area contributed by atoms with E-state index in [4.69, 9.17) is 9.47 Å². The predicted molar refractivity (Wildman–Crippen MR) is 115 cm³/mol. The Kier molecular flexibility index (Phi) is 7.05. The van der Waals surface area contributed by atoms with Crippen molar-refractivity contribution in [1.29, 1.82) is 0 Å². The molecule has 2 N–H and O–H groups in total. The second-order valence-electron chi connectivity index (χ2n) is 6.35. The summed E-state index contributed by atoms with van der Waals surface area (Å²) >= 11 is 0. The lowest BCUT2D eigenvalue weighted by Crippen LogP contribution is -2.15. The molecule has 0 aliphatic rings. The molecule has 0 saturated carbocycles. The van der Waals surface area contributed by atoms with Crippen LogP contribution in [0.2, 0.25) is 0 Å². The Bertz CT molecular complexity index is 925. The fourth-order valence-electron chi connectivity index (χ4n) is 2.81. The minimum absolute atomic E-state index is 0.222. The normalized spacial score (nSPS) is 10.3. The van der Waals surface area contributed by atoms with E-state index in [9.17, 15) is 4.79 Å². The Hall–Kier alpha value is -3.54. The number of nitrogens with one attached hydrogen (secondary N) is 2. The van der Waals surface area contributed by atoms with Crippen LogP contribution < -0.4 is 20.1 Å². The summed E-state index contributed by atoms with van der Waals surface area (Å²) in [6.45, 7) is 3.17. The van der Waals surface area contributed by atoms with Gasteiger partial charge in [0.1, 0.15) is 23.8 Å². The maximum absolute atomic E-state index is 12.4. The summed E-state index contributed by atoms with van der Waals surface area (Å²) in [5.41, 5.74) is 3.11. The summed E-state index contributed by atoms with van der Waals surface area (Å²) in [4.78, 5) is 16.7. The third kappa shape index (κ3) is 5.72. The Morgan fingerprint density at radius 3 is 2.45 bits per heavy atom. The standard InChI is InChI=1S/C23H25N3O3/c1-3-17-6-4-5-7-21(17)26-23(27)22-13-8-18(16-25-22)24-14-15-29-20-11-9-19(28-2)10-12-20/h4-13,16,24H,3,14-15H2,1-2H3,(H,26,27). The van der Waals surface area contributed by atoms with E-state index >= 15 is 0 Å². The van der Waals surface area contributed by atoms with E-state index in [0.717, 1.165) is 34.9 Å². The molecule has 0 unspecified atom stereocenters. The third-order valence-electron chi connectivity index (χ3n) is 4.40. The zero-order chi connectivity index (χ0) is 20.5. The van der Waals surface area contributed by atoms with E-state index in [1.807, 2.05) is 54.6 Å². The highest BCUT2D eigenvalue weighted by atomic mass is 16.5. The van der Waals surface area contributed by atoms with Crippen LogP contribution in [0, 0.1) is 0 Å². The number of benzene rings is 2. The predicted octanol–water partition coefficient (Wildman–Crippen LogP) is 4.40. The minimum Gasteiger partial charge on any atom is -0.497 e. The Morgan fingerprint density at radius 2 is 1.76 bits per heavy atom. The fourth-order valence-corrected chi connectivity index (χ4v) is 2.81. The summed E-state index contributed by atoms with van der Waals surface area (Å²) < 4.78 is 10.8. The van der Waals surface area contributed by atoms with Gasteiger partial charge in [0.2, 0.25) is 0 Å². The highest BCUT2D eigenvalue weighted by Gasteiger charge is 2.09. The van der Waals surface area contributed by atoms with E-state index in [2.05, 4.69) is 22.5 Å². The molecule has 6 nitrogen and oxygen atoms in total. The van der Waals surface area contributed by atoms with Gasteiger partial charge in [-0.05, 0) is 54.4 Å². The van der Waals surface area contributed by atoms with Crippen LogP contribution in [0.25, 0.3) is 0 Å². The number of hydrogen-bond donors (Lipinski definition) is 2. The second kappa shape index (κ2) is 10.1. The van der Waals surface area contributed by atoms with Crippen LogP contribution in [0.1, 0.15) is 23.0 Å². The third-order valence-corrected chi connectivity index (χ3v) is 4.40. The number of ether oxygens (including phenoxy) is 2. The van der Waals surface area contributed by atoms with Crippen molar-refractivity contribution >= 4 is 17.3 Å². The van der Waals surface area contributed by atoms with Crippen LogP contribution in [-0.2, 0) is 6.42 Å². The van der Waals surface area contributed by atoms with Gasteiger partial charge < -0.3 is 20.1 Å². The number of aromatic nitrogens is 1. The molecule has 3 aromatic rings. The topological polar surface area (TPSA) is 72.5 Å². The minimum atomic E-state index is -0.222. The van der Waals surface area contributed by atoms with Crippen molar-refractivity contribution in [3.8, 4) is 11.5 Å². The first-order valence-electron chi connectivity index (χ1n) is 9.55. The van der Waals surface area contributed by atoms with Gasteiger partial charge in [-0.2, -0.15) is 0 Å². The molecule has 0 radical (unpaired) electrons. The molecule has 6 heteroatoms. The van der Waals surface area contributed by atoms with Crippen molar-refractivity contribution in [2.24, 2.45) is 0 Å². The van der Waals surface area contributed by atoms with Crippen LogP contribution in [-0.4, -0.2) is 31.2 Å². The van der Waals surface area contributed by atoms with Gasteiger partial charge in [-0.25, -0.2) is 4.98 Å². The molecule has 0 atom stereocenters. The first-order valence-corrected chi connectivity index (χ1v) is 9.55. The largest absolute Gasteiger partial charge is 0.497 e. The molecule has 3 rings (SSSR count). The number of rotatable bonds is 9. The van der Waals surface area contributed by atoms with E-state index in [0.29, 0.717) is 18.8 Å². The first kappa shape index (κ1) is 20.2. The number of amides is 1. The van der Waals surface area contributed by atoms with Crippen molar-refractivity contribution < 1.29 is 14.3 Å². The van der Waals surface area contributed by atoms with E-state index in [-0.39, 0.29) is 5.91 Å². The molecule has 29 heavy (non-hydrogen) atoms. The molecule has 0 aliphatic heterocycles. The number of hydrogen-bond acceptors (Lipinski definition) is 5. The number of methoxy groups -OCH3 is 1. The molecule has 0 bridgehead atoms. The highest BCUT2D eigenvalue weighted by Crippen LogP contribution is 2.18. The van der Waals surface area contributed by atoms with E-state index in [1.165, 1.54) is 0 Å². The van der Waals surface area contributed by atoms with Crippen molar-refractivity contribution in [3.05, 3.63) is 78.1 Å². The lowest BCUT2D eigenvalue weighted by atomic mass is 10.1. The number of para-hydroxylation sites is 1. The molecule has 1 amide bonds. The van der Waals surface area contributed by atoms with Crippen molar-refractivity contribution in [1.82, 2.24) is 4.98 Å². The molecule has 0 saturated heterocycles. The van der Waals surface area contributed by atoms with Gasteiger partial charge in [0, 0.05) is 12.2 Å². The number of aryl methyl sites for hydroxylation is 1. The molecule has 0 spiro atoms. The molecule has 1 heterocycles. The molecule has 0 fully saturated rings. The SMILES string of the molecule is CCc1ccccc1NC(=O)c1ccc(NCCOc2ccc(OC)cc2)cn1. The maximum atomic E-state index is 12.4. The van der Waals surface area contributed by atoms with Gasteiger partial charge in [0.25, 0.3) is 5.91 Å². The van der Waals surface area contributed by atoms with Crippen molar-refractivity contribution in [2.45, 2.75) is 13.3 Å². The Balaban J connectivity index is 1.47. The van der Waals surface area contributed by atoms with E-state index < -0.39 is 0 Å². The lowest BCUT2D eigenvalue weighted by molar-refractivity contribution is 0.102. The Labute approximate surface area is 170 Å². The van der Waals surface area contributed by atoms with Crippen molar-refractivity contribution in [2.75, 3.05) is 30.9 Å². The summed E-state index contributed by atoms with van der Waals surface area (Å²) in [6.07, 6.45) is 2.50. The van der Waals surface area contributed by atoms with Crippen LogP contribution in [0.15, 0.2) is 66.9 Å². The summed E-state index contributed by atoms with van der Waals surface area (Å²) in [5.74, 6) is 1.36. The number of anilines is 2. The van der Waals surface area contributed by atoms with E-state index in [1.54, 1.807) is 19.4 Å². The smallest absolute Gasteiger partial charge is 0.274 e. The van der Waals surface area contributed by atoms with Crippen LogP contribution >= 0.6 is 0 Å². The maximum Gasteiger partial charge on any atom is 0.274 e. The highest BCUT2D eigenvalue weighted by molar-refractivity contribution is 6.03. The molecule has 150 valence electrons. The first-order chi connectivity index (χ1) is 14.2. The number of pyridine rings is 1. The van der Waals surface area contributed by atoms with Crippen LogP contribution in [0.5, 0.6) is 11.5 Å². The van der Waals surface area contributed by atoms with Gasteiger partial charge in [0.15, 0.2) is 0 Å². The van der Waals surface area contributed by atoms with Gasteiger partial charge in [-0.1, -0.05) is 25.1 Å². The van der Waals surface area contributed by atoms with Crippen LogP contribution in [0.3, 0.4) is 0 Å². The van der Waals surface area contributed by atoms with Gasteiger partial charge >= 0.3 is 0 Å². The number of carbonyl (C=O) groups excluding carboxylic acids is 1. The monoisotopic (exact) mass is 391 g/mol. The second-order valence-corrected chi connectivity index (χ2v) is 6.35. The number of nitrogens with zero attached hydrogens (tertiary/aromatic N) is 1. The van der Waals surface area contributed by atoms with Crippen molar-refractivity contribution in [3.63, 3.8) is 0 Å². The summed E-state index contributed by atoms with van der Waals surface area (Å²) in [5, 5.41) is 6.15. The molecular weight excluding hydrogens is 366 g/mol. The zero-order valence-electron chi connectivity index (χ0n) is 16.6. The zero-order valence-corrected chi connectivity index (χ0v) is 16.6. The molecule has 1 aromatic heterocycles. The fraction of sp³-hybridized carbons (Fsp3) is 0.217. The molecule has 2 aromatic carbocycles. The summed E-state index contributed by atoms with van der Waals surface area (Å²) in [7, 11) is 1.63. The van der Waals surface area contributed by atoms with Gasteiger partial charge in [-0.15, -0.1) is 0 Å². The van der Waals surface area contributed by atoms with Crippen LogP contribution in [0.4, 0.5) is 11.4 Å². The average Bonchev–Trinajstić information content (AvgIpc) is 2.78. The lowest BCUT2D eigenvalue weighted by Gasteiger charge is -2.11. The Morgan fingerprint density at radius 1 is 1.00 bits per heavy atom. The molecular formula is C23H25N3O3. The number of carbonyl (C=O) groups is 1. The quantitative estimate of drug-likeness (QED) is 0.529. The van der Waals surface area contributed by atoms with Gasteiger partial charge in [-0.3, -0.25) is 4.79 Å². The summed E-state index contributed by atoms with van der Waals surface area (Å²) in [6, 6.07) is 18.8. The van der Waals surface area contributed by atoms with Gasteiger partial charge in [0.05, 0.1) is 19.0 Å².